The van der Waals surface area contributed by atoms with Crippen molar-refractivity contribution in [3.63, 3.8) is 0 Å². The second-order valence-electron chi connectivity index (χ2n) is 4.64. The van der Waals surface area contributed by atoms with Crippen molar-refractivity contribution in [2.24, 2.45) is 0 Å². The number of ether oxygens (including phenoxy) is 2. The summed E-state index contributed by atoms with van der Waals surface area (Å²) in [7, 11) is 0. The average molecular weight is 326 g/mol. The minimum absolute atomic E-state index is 0.217. The highest BCUT2D eigenvalue weighted by molar-refractivity contribution is 9.09. The predicted octanol–water partition coefficient (Wildman–Crippen LogP) is 3.32. The van der Waals surface area contributed by atoms with Gasteiger partial charge in [-0.1, -0.05) is 27.2 Å². The normalized spacial score (nSPS) is 19.1. The van der Waals surface area contributed by atoms with Crippen LogP contribution in [0.3, 0.4) is 0 Å². The van der Waals surface area contributed by atoms with Crippen LogP contribution in [-0.4, -0.2) is 29.8 Å². The number of rotatable bonds is 5. The SMILES string of the molecule is BrCCc1noc2cccc(OCC3CCCO3)c12. The molecule has 4 nitrogen and oxygen atoms in total. The number of aromatic nitrogens is 1. The molecule has 3 rings (SSSR count). The first kappa shape index (κ1) is 12.9. The molecule has 0 radical (unpaired) electrons. The number of halogens is 1. The molecular weight excluding hydrogens is 310 g/mol. The van der Waals surface area contributed by atoms with Crippen LogP contribution >= 0.6 is 15.9 Å². The molecule has 1 aliphatic rings. The lowest BCUT2D eigenvalue weighted by Crippen LogP contribution is -2.16. The Balaban J connectivity index is 1.82. The third-order valence-corrected chi connectivity index (χ3v) is 3.71. The van der Waals surface area contributed by atoms with Gasteiger partial charge in [-0.3, -0.25) is 0 Å². The summed E-state index contributed by atoms with van der Waals surface area (Å²) in [6.45, 7) is 1.44. The zero-order valence-corrected chi connectivity index (χ0v) is 12.2. The maximum absolute atomic E-state index is 5.91. The van der Waals surface area contributed by atoms with Gasteiger partial charge in [0.2, 0.25) is 0 Å². The predicted molar refractivity (Wildman–Crippen MR) is 76.0 cm³/mol. The molecule has 1 saturated heterocycles. The van der Waals surface area contributed by atoms with Crippen LogP contribution in [0.5, 0.6) is 5.75 Å². The maximum Gasteiger partial charge on any atom is 0.170 e. The molecule has 0 N–H and O–H groups in total. The summed E-state index contributed by atoms with van der Waals surface area (Å²) >= 11 is 3.43. The van der Waals surface area contributed by atoms with Crippen molar-refractivity contribution in [3.05, 3.63) is 23.9 Å². The Labute approximate surface area is 120 Å². The first-order chi connectivity index (χ1) is 9.38. The summed E-state index contributed by atoms with van der Waals surface area (Å²) < 4.78 is 16.8. The summed E-state index contributed by atoms with van der Waals surface area (Å²) in [5.41, 5.74) is 1.72. The standard InChI is InChI=1S/C14H16BrNO3/c15-7-6-11-14-12(4-1-5-13(14)19-16-11)18-9-10-3-2-8-17-10/h1,4-5,10H,2-3,6-9H2. The lowest BCUT2D eigenvalue weighted by molar-refractivity contribution is 0.0685. The average Bonchev–Trinajstić information content (AvgIpc) is 3.07. The van der Waals surface area contributed by atoms with Gasteiger partial charge in [0.15, 0.2) is 5.58 Å². The molecule has 5 heteroatoms. The number of benzene rings is 1. The number of alkyl halides is 1. The summed E-state index contributed by atoms with van der Waals surface area (Å²) in [4.78, 5) is 0. The minimum atomic E-state index is 0.217. The fourth-order valence-electron chi connectivity index (χ4n) is 2.36. The van der Waals surface area contributed by atoms with E-state index in [4.69, 9.17) is 14.0 Å². The first-order valence-electron chi connectivity index (χ1n) is 6.56. The molecule has 0 amide bonds. The quantitative estimate of drug-likeness (QED) is 0.791. The Morgan fingerprint density at radius 3 is 3.16 bits per heavy atom. The summed E-state index contributed by atoms with van der Waals surface area (Å²) in [6.07, 6.45) is 3.25. The van der Waals surface area contributed by atoms with Crippen LogP contribution in [0, 0.1) is 0 Å². The van der Waals surface area contributed by atoms with E-state index in [-0.39, 0.29) is 6.10 Å². The lowest BCUT2D eigenvalue weighted by Gasteiger charge is -2.12. The van der Waals surface area contributed by atoms with E-state index in [1.807, 2.05) is 18.2 Å². The fourth-order valence-corrected chi connectivity index (χ4v) is 2.74. The van der Waals surface area contributed by atoms with Crippen molar-refractivity contribution in [1.29, 1.82) is 0 Å². The number of hydrogen-bond donors (Lipinski definition) is 0. The molecule has 0 spiro atoms. The molecule has 1 fully saturated rings. The van der Waals surface area contributed by atoms with Crippen molar-refractivity contribution in [2.45, 2.75) is 25.4 Å². The molecule has 2 heterocycles. The van der Waals surface area contributed by atoms with E-state index in [0.717, 1.165) is 53.6 Å². The van der Waals surface area contributed by atoms with E-state index in [2.05, 4.69) is 21.1 Å². The monoisotopic (exact) mass is 325 g/mol. The summed E-state index contributed by atoms with van der Waals surface area (Å²) in [5, 5.41) is 5.95. The van der Waals surface area contributed by atoms with E-state index in [0.29, 0.717) is 6.61 Å². The van der Waals surface area contributed by atoms with Crippen molar-refractivity contribution in [1.82, 2.24) is 5.16 Å². The van der Waals surface area contributed by atoms with Crippen molar-refractivity contribution in [3.8, 4) is 5.75 Å². The van der Waals surface area contributed by atoms with Crippen LogP contribution in [0.2, 0.25) is 0 Å². The smallest absolute Gasteiger partial charge is 0.170 e. The highest BCUT2D eigenvalue weighted by Gasteiger charge is 2.18. The molecule has 0 aliphatic carbocycles. The molecule has 19 heavy (non-hydrogen) atoms. The number of nitrogens with zero attached hydrogens (tertiary/aromatic N) is 1. The summed E-state index contributed by atoms with van der Waals surface area (Å²) in [6, 6.07) is 5.81. The third-order valence-electron chi connectivity index (χ3n) is 3.31. The molecule has 0 bridgehead atoms. The van der Waals surface area contributed by atoms with Crippen LogP contribution < -0.4 is 4.74 Å². The zero-order chi connectivity index (χ0) is 13.1. The molecule has 1 unspecified atom stereocenters. The second-order valence-corrected chi connectivity index (χ2v) is 5.44. The third kappa shape index (κ3) is 2.77. The fraction of sp³-hybridized carbons (Fsp3) is 0.500. The molecule has 0 saturated carbocycles. The minimum Gasteiger partial charge on any atom is -0.490 e. The van der Waals surface area contributed by atoms with E-state index in [1.54, 1.807) is 0 Å². The van der Waals surface area contributed by atoms with Gasteiger partial charge in [-0.2, -0.15) is 0 Å². The Morgan fingerprint density at radius 1 is 1.42 bits per heavy atom. The van der Waals surface area contributed by atoms with Crippen molar-refractivity contribution >= 4 is 26.9 Å². The second kappa shape index (κ2) is 5.92. The molecule has 1 aromatic heterocycles. The lowest BCUT2D eigenvalue weighted by atomic mass is 10.1. The molecule has 1 atom stereocenters. The Bertz CT molecular complexity index is 549. The van der Waals surface area contributed by atoms with Gasteiger partial charge in [0.25, 0.3) is 0 Å². The molecular formula is C14H16BrNO3. The number of hydrogen-bond acceptors (Lipinski definition) is 4. The number of fused-ring (bicyclic) bond motifs is 1. The molecule has 2 aromatic rings. The van der Waals surface area contributed by atoms with Gasteiger partial charge < -0.3 is 14.0 Å². The Morgan fingerprint density at radius 2 is 2.37 bits per heavy atom. The van der Waals surface area contributed by atoms with Gasteiger partial charge in [0, 0.05) is 18.4 Å². The largest absolute Gasteiger partial charge is 0.490 e. The van der Waals surface area contributed by atoms with Crippen LogP contribution in [-0.2, 0) is 11.2 Å². The molecule has 1 aromatic carbocycles. The Hall–Kier alpha value is -1.07. The highest BCUT2D eigenvalue weighted by atomic mass is 79.9. The van der Waals surface area contributed by atoms with Crippen molar-refractivity contribution in [2.75, 3.05) is 18.5 Å². The molecule has 102 valence electrons. The maximum atomic E-state index is 5.91. The van der Waals surface area contributed by atoms with Crippen LogP contribution in [0.1, 0.15) is 18.5 Å². The van der Waals surface area contributed by atoms with Gasteiger partial charge in [-0.25, -0.2) is 0 Å². The zero-order valence-electron chi connectivity index (χ0n) is 10.6. The van der Waals surface area contributed by atoms with E-state index in [1.165, 1.54) is 0 Å². The summed E-state index contributed by atoms with van der Waals surface area (Å²) in [5.74, 6) is 0.838. The van der Waals surface area contributed by atoms with Gasteiger partial charge in [0.05, 0.1) is 17.2 Å². The van der Waals surface area contributed by atoms with Crippen LogP contribution in [0.15, 0.2) is 22.7 Å². The van der Waals surface area contributed by atoms with Gasteiger partial charge >= 0.3 is 0 Å². The van der Waals surface area contributed by atoms with Crippen LogP contribution in [0.4, 0.5) is 0 Å². The Kier molecular flexibility index (Phi) is 4.03. The van der Waals surface area contributed by atoms with E-state index < -0.39 is 0 Å². The van der Waals surface area contributed by atoms with Crippen LogP contribution in [0.25, 0.3) is 11.0 Å². The van der Waals surface area contributed by atoms with E-state index >= 15 is 0 Å². The van der Waals surface area contributed by atoms with E-state index in [9.17, 15) is 0 Å². The van der Waals surface area contributed by atoms with Gasteiger partial charge in [-0.15, -0.1) is 0 Å². The van der Waals surface area contributed by atoms with Gasteiger partial charge in [-0.05, 0) is 25.0 Å². The molecule has 1 aliphatic heterocycles. The first-order valence-corrected chi connectivity index (χ1v) is 7.68. The number of aryl methyl sites for hydroxylation is 1. The van der Waals surface area contributed by atoms with Gasteiger partial charge in [0.1, 0.15) is 12.4 Å². The highest BCUT2D eigenvalue weighted by Crippen LogP contribution is 2.30. The topological polar surface area (TPSA) is 44.5 Å². The van der Waals surface area contributed by atoms with Crippen molar-refractivity contribution < 1.29 is 14.0 Å².